The minimum atomic E-state index is -0.271. The number of carbonyl (C=O) groups excluding carboxylic acids is 2. The second kappa shape index (κ2) is 11.9. The van der Waals surface area contributed by atoms with Crippen LogP contribution in [0.1, 0.15) is 37.8 Å². The molecule has 0 aliphatic carbocycles. The summed E-state index contributed by atoms with van der Waals surface area (Å²) in [4.78, 5) is 25.9. The Balaban J connectivity index is 0.00000576. The van der Waals surface area contributed by atoms with Crippen molar-refractivity contribution in [2.45, 2.75) is 33.1 Å². The SMILES string of the molecule is CC(C)Cc1ccc([C@@H](C)C(=O)NCC(=O)NCCN(C)C)cc1.Cl. The first-order valence-corrected chi connectivity index (χ1v) is 8.57. The molecular formula is C19H32ClN3O2. The number of nitrogens with one attached hydrogen (secondary N) is 2. The van der Waals surface area contributed by atoms with E-state index in [2.05, 4.69) is 36.6 Å². The topological polar surface area (TPSA) is 61.4 Å². The van der Waals surface area contributed by atoms with Crippen LogP contribution in [0.3, 0.4) is 0 Å². The Morgan fingerprint density at radius 2 is 1.64 bits per heavy atom. The summed E-state index contributed by atoms with van der Waals surface area (Å²) in [6.07, 6.45) is 1.04. The maximum Gasteiger partial charge on any atom is 0.239 e. The van der Waals surface area contributed by atoms with E-state index in [9.17, 15) is 9.59 Å². The van der Waals surface area contributed by atoms with Gasteiger partial charge in [-0.25, -0.2) is 0 Å². The van der Waals surface area contributed by atoms with Crippen LogP contribution in [-0.4, -0.2) is 50.4 Å². The third kappa shape index (κ3) is 9.46. The van der Waals surface area contributed by atoms with Crippen LogP contribution in [0.2, 0.25) is 0 Å². The van der Waals surface area contributed by atoms with Crippen LogP contribution in [0, 0.1) is 5.92 Å². The summed E-state index contributed by atoms with van der Waals surface area (Å²) in [6.45, 7) is 7.60. The number of nitrogens with zero attached hydrogens (tertiary/aromatic N) is 1. The van der Waals surface area contributed by atoms with Gasteiger partial charge in [0.1, 0.15) is 0 Å². The highest BCUT2D eigenvalue weighted by molar-refractivity contribution is 5.88. The molecule has 25 heavy (non-hydrogen) atoms. The van der Waals surface area contributed by atoms with Gasteiger partial charge in [-0.2, -0.15) is 0 Å². The summed E-state index contributed by atoms with van der Waals surface area (Å²) in [7, 11) is 3.89. The predicted octanol–water partition coefficient (Wildman–Crippen LogP) is 2.20. The van der Waals surface area contributed by atoms with E-state index in [0.717, 1.165) is 18.5 Å². The number of amides is 2. The fourth-order valence-corrected chi connectivity index (χ4v) is 2.37. The largest absolute Gasteiger partial charge is 0.353 e. The fourth-order valence-electron chi connectivity index (χ4n) is 2.37. The Labute approximate surface area is 158 Å². The van der Waals surface area contributed by atoms with Gasteiger partial charge in [-0.15, -0.1) is 12.4 Å². The first-order chi connectivity index (χ1) is 11.3. The average Bonchev–Trinajstić information content (AvgIpc) is 2.51. The summed E-state index contributed by atoms with van der Waals surface area (Å²) in [5, 5.41) is 5.48. The average molecular weight is 370 g/mol. The number of hydrogen-bond acceptors (Lipinski definition) is 3. The van der Waals surface area contributed by atoms with Crippen molar-refractivity contribution in [3.63, 3.8) is 0 Å². The molecule has 5 nitrogen and oxygen atoms in total. The zero-order valence-electron chi connectivity index (χ0n) is 16.0. The quantitative estimate of drug-likeness (QED) is 0.701. The zero-order valence-corrected chi connectivity index (χ0v) is 16.8. The van der Waals surface area contributed by atoms with Crippen molar-refractivity contribution in [1.82, 2.24) is 15.5 Å². The molecule has 0 radical (unpaired) electrons. The van der Waals surface area contributed by atoms with Crippen LogP contribution in [-0.2, 0) is 16.0 Å². The molecule has 0 saturated carbocycles. The van der Waals surface area contributed by atoms with Gasteiger partial charge in [0.05, 0.1) is 12.5 Å². The molecule has 0 heterocycles. The minimum absolute atomic E-state index is 0. The third-order valence-corrected chi connectivity index (χ3v) is 3.82. The standard InChI is InChI=1S/C19H31N3O2.ClH/c1-14(2)12-16-6-8-17(9-7-16)15(3)19(24)21-13-18(23)20-10-11-22(4)5;/h6-9,14-15H,10-13H2,1-5H3,(H,20,23)(H,21,24);1H/t15-;/m1./s1. The van der Waals surface area contributed by atoms with Gasteiger partial charge >= 0.3 is 0 Å². The highest BCUT2D eigenvalue weighted by atomic mass is 35.5. The molecule has 0 aliphatic heterocycles. The molecule has 0 aliphatic rings. The van der Waals surface area contributed by atoms with Crippen molar-refractivity contribution in [3.8, 4) is 0 Å². The Kier molecular flexibility index (Phi) is 11.1. The maximum atomic E-state index is 12.2. The van der Waals surface area contributed by atoms with Crippen LogP contribution in [0.5, 0.6) is 0 Å². The fraction of sp³-hybridized carbons (Fsp3) is 0.579. The molecule has 0 spiro atoms. The van der Waals surface area contributed by atoms with E-state index in [-0.39, 0.29) is 36.7 Å². The molecule has 0 unspecified atom stereocenters. The lowest BCUT2D eigenvalue weighted by Gasteiger charge is -2.14. The van der Waals surface area contributed by atoms with Crippen LogP contribution >= 0.6 is 12.4 Å². The number of halogens is 1. The number of rotatable bonds is 9. The second-order valence-corrected chi connectivity index (χ2v) is 6.93. The molecule has 0 saturated heterocycles. The van der Waals surface area contributed by atoms with Gasteiger partial charge in [-0.1, -0.05) is 38.1 Å². The number of carbonyl (C=O) groups is 2. The molecule has 6 heteroatoms. The molecule has 0 aromatic heterocycles. The summed E-state index contributed by atoms with van der Waals surface area (Å²) in [5.41, 5.74) is 2.25. The first-order valence-electron chi connectivity index (χ1n) is 8.57. The highest BCUT2D eigenvalue weighted by Crippen LogP contribution is 2.17. The normalized spacial score (nSPS) is 11.8. The van der Waals surface area contributed by atoms with E-state index >= 15 is 0 Å². The lowest BCUT2D eigenvalue weighted by atomic mass is 9.96. The molecule has 1 aromatic carbocycles. The second-order valence-electron chi connectivity index (χ2n) is 6.93. The highest BCUT2D eigenvalue weighted by Gasteiger charge is 2.16. The van der Waals surface area contributed by atoms with Crippen molar-refractivity contribution in [2.75, 3.05) is 33.7 Å². The smallest absolute Gasteiger partial charge is 0.239 e. The van der Waals surface area contributed by atoms with Gasteiger partial charge in [0.2, 0.25) is 11.8 Å². The number of hydrogen-bond donors (Lipinski definition) is 2. The number of likely N-dealkylation sites (N-methyl/N-ethyl adjacent to an activating group) is 1. The monoisotopic (exact) mass is 369 g/mol. The van der Waals surface area contributed by atoms with Gasteiger partial charge in [0.25, 0.3) is 0 Å². The molecule has 2 amide bonds. The maximum absolute atomic E-state index is 12.2. The van der Waals surface area contributed by atoms with Crippen molar-refractivity contribution in [3.05, 3.63) is 35.4 Å². The predicted molar refractivity (Wildman–Crippen MR) is 105 cm³/mol. The molecule has 2 N–H and O–H groups in total. The molecular weight excluding hydrogens is 338 g/mol. The van der Waals surface area contributed by atoms with E-state index in [4.69, 9.17) is 0 Å². The Morgan fingerprint density at radius 1 is 1.04 bits per heavy atom. The number of benzene rings is 1. The van der Waals surface area contributed by atoms with Gasteiger partial charge in [-0.05, 0) is 44.5 Å². The van der Waals surface area contributed by atoms with Crippen LogP contribution in [0.25, 0.3) is 0 Å². The molecule has 1 atom stereocenters. The van der Waals surface area contributed by atoms with E-state index in [0.29, 0.717) is 12.5 Å². The summed E-state index contributed by atoms with van der Waals surface area (Å²) in [6, 6.07) is 8.15. The van der Waals surface area contributed by atoms with E-state index in [1.54, 1.807) is 0 Å². The van der Waals surface area contributed by atoms with Gasteiger partial charge in [-0.3, -0.25) is 9.59 Å². The van der Waals surface area contributed by atoms with E-state index < -0.39 is 0 Å². The van der Waals surface area contributed by atoms with Gasteiger partial charge in [0.15, 0.2) is 0 Å². The zero-order chi connectivity index (χ0) is 18.1. The van der Waals surface area contributed by atoms with Crippen molar-refractivity contribution in [2.24, 2.45) is 5.92 Å². The Hall–Kier alpha value is -1.59. The lowest BCUT2D eigenvalue weighted by molar-refractivity contribution is -0.126. The first kappa shape index (κ1) is 23.4. The molecule has 1 rings (SSSR count). The molecule has 1 aromatic rings. The van der Waals surface area contributed by atoms with Gasteiger partial charge < -0.3 is 15.5 Å². The van der Waals surface area contributed by atoms with E-state index in [1.165, 1.54) is 5.56 Å². The van der Waals surface area contributed by atoms with Crippen LogP contribution < -0.4 is 10.6 Å². The van der Waals surface area contributed by atoms with Crippen molar-refractivity contribution in [1.29, 1.82) is 0 Å². The van der Waals surface area contributed by atoms with Crippen LogP contribution in [0.4, 0.5) is 0 Å². The third-order valence-electron chi connectivity index (χ3n) is 3.82. The molecule has 0 fully saturated rings. The molecule has 142 valence electrons. The van der Waals surface area contributed by atoms with Crippen molar-refractivity contribution < 1.29 is 9.59 Å². The van der Waals surface area contributed by atoms with Crippen LogP contribution in [0.15, 0.2) is 24.3 Å². The minimum Gasteiger partial charge on any atom is -0.353 e. The summed E-state index contributed by atoms with van der Waals surface area (Å²) >= 11 is 0. The summed E-state index contributed by atoms with van der Waals surface area (Å²) < 4.78 is 0. The van der Waals surface area contributed by atoms with Crippen molar-refractivity contribution >= 4 is 24.2 Å². The molecule has 0 bridgehead atoms. The van der Waals surface area contributed by atoms with Gasteiger partial charge in [0, 0.05) is 13.1 Å². The Morgan fingerprint density at radius 3 is 2.16 bits per heavy atom. The van der Waals surface area contributed by atoms with E-state index in [1.807, 2.05) is 38.1 Å². The lowest BCUT2D eigenvalue weighted by Crippen LogP contribution is -2.40. The summed E-state index contributed by atoms with van der Waals surface area (Å²) in [5.74, 6) is 0.0503. The Bertz CT molecular complexity index is 530.